The first-order valence-electron chi connectivity index (χ1n) is 16.6. The Morgan fingerprint density at radius 1 is 0.500 bits per heavy atom. The summed E-state index contributed by atoms with van der Waals surface area (Å²) >= 11 is 0. The van der Waals surface area contributed by atoms with Gasteiger partial charge in [-0.1, -0.05) is 103 Å². The Morgan fingerprint density at radius 3 is 2.04 bits per heavy atom. The number of nitrogens with two attached hydrogens (primary N) is 1. The van der Waals surface area contributed by atoms with E-state index in [0.29, 0.717) is 5.56 Å². The van der Waals surface area contributed by atoms with Gasteiger partial charge < -0.3 is 19.3 Å². The highest BCUT2D eigenvalue weighted by Gasteiger charge is 2.22. The quantitative estimate of drug-likeness (QED) is 0.148. The number of nitrogens with one attached hydrogen (secondary N) is 1. The zero-order valence-corrected chi connectivity index (χ0v) is 26.8. The second-order valence-corrected chi connectivity index (χ2v) is 12.6. The summed E-state index contributed by atoms with van der Waals surface area (Å²) in [5.74, 6) is 0.409. The monoisotopic (exact) mass is 643 g/mol. The smallest absolute Gasteiger partial charge is 0.154 e. The molecule has 50 heavy (non-hydrogen) atoms. The van der Waals surface area contributed by atoms with Crippen molar-refractivity contribution in [2.45, 2.75) is 0 Å². The Kier molecular flexibility index (Phi) is 6.08. The van der Waals surface area contributed by atoms with Crippen molar-refractivity contribution in [1.82, 2.24) is 9.13 Å². The van der Waals surface area contributed by atoms with E-state index in [2.05, 4.69) is 117 Å². The van der Waals surface area contributed by atoms with E-state index in [0.717, 1.165) is 71.7 Å². The summed E-state index contributed by atoms with van der Waals surface area (Å²) in [7, 11) is 0. The number of hydrogen-bond acceptors (Lipinski definition) is 2. The number of para-hydroxylation sites is 3. The van der Waals surface area contributed by atoms with Crippen LogP contribution < -0.4 is 5.73 Å². The normalized spacial score (nSPS) is 12.3. The highest BCUT2D eigenvalue weighted by Crippen LogP contribution is 2.44. The van der Waals surface area contributed by atoms with Crippen LogP contribution in [-0.4, -0.2) is 20.8 Å². The van der Waals surface area contributed by atoms with Gasteiger partial charge in [-0.15, -0.1) is 0 Å². The third-order valence-corrected chi connectivity index (χ3v) is 9.75. The maximum Gasteiger partial charge on any atom is 0.154 e. The lowest BCUT2D eigenvalue weighted by molar-refractivity contribution is 0.669. The average Bonchev–Trinajstić information content (AvgIpc) is 3.81. The number of furan rings is 1. The maximum atomic E-state index is 8.58. The highest BCUT2D eigenvalue weighted by atomic mass is 16.3. The van der Waals surface area contributed by atoms with Crippen LogP contribution in [0, 0.1) is 5.41 Å². The number of rotatable bonds is 4. The van der Waals surface area contributed by atoms with Crippen molar-refractivity contribution in [1.29, 1.82) is 5.41 Å². The minimum absolute atomic E-state index is 0.121. The molecule has 0 aliphatic rings. The van der Waals surface area contributed by atoms with Gasteiger partial charge in [0.1, 0.15) is 17.0 Å². The van der Waals surface area contributed by atoms with Crippen LogP contribution in [0.2, 0.25) is 0 Å². The Balaban J connectivity index is 1.31. The van der Waals surface area contributed by atoms with E-state index in [1.165, 1.54) is 10.8 Å². The van der Waals surface area contributed by atoms with Crippen molar-refractivity contribution in [2.24, 2.45) is 10.7 Å². The molecule has 0 spiro atoms. The Hall–Kier alpha value is -6.92. The summed E-state index contributed by atoms with van der Waals surface area (Å²) in [6.45, 7) is 0. The lowest BCUT2D eigenvalue weighted by Gasteiger charge is -2.11. The van der Waals surface area contributed by atoms with Gasteiger partial charge in [-0.3, -0.25) is 5.41 Å². The summed E-state index contributed by atoms with van der Waals surface area (Å²) in [4.78, 5) is 4.50. The summed E-state index contributed by atoms with van der Waals surface area (Å²) in [6, 6.07) is 53.9. The predicted octanol–water partition coefficient (Wildman–Crippen LogP) is 10.5. The van der Waals surface area contributed by atoms with Gasteiger partial charge in [0.05, 0.1) is 22.1 Å². The van der Waals surface area contributed by atoms with Crippen LogP contribution in [-0.2, 0) is 0 Å². The van der Waals surface area contributed by atoms with Gasteiger partial charge in [0.25, 0.3) is 0 Å². The van der Waals surface area contributed by atoms with E-state index >= 15 is 0 Å². The van der Waals surface area contributed by atoms with Crippen LogP contribution in [0.25, 0.3) is 76.9 Å². The largest absolute Gasteiger partial charge is 0.456 e. The van der Waals surface area contributed by atoms with Gasteiger partial charge in [-0.25, -0.2) is 4.99 Å². The van der Waals surface area contributed by atoms with Crippen LogP contribution in [0.4, 0.5) is 0 Å². The first-order valence-corrected chi connectivity index (χ1v) is 16.6. The lowest BCUT2D eigenvalue weighted by Crippen LogP contribution is -2.16. The summed E-state index contributed by atoms with van der Waals surface area (Å²) in [6.07, 6.45) is 0. The molecule has 7 aromatic carbocycles. The molecule has 0 radical (unpaired) electrons. The van der Waals surface area contributed by atoms with Gasteiger partial charge >= 0.3 is 0 Å². The molecule has 0 saturated heterocycles. The average molecular weight is 644 g/mol. The molecule has 0 aliphatic carbocycles. The first kappa shape index (κ1) is 28.1. The van der Waals surface area contributed by atoms with Crippen molar-refractivity contribution < 1.29 is 4.42 Å². The molecule has 3 aromatic heterocycles. The molecule has 6 heteroatoms. The van der Waals surface area contributed by atoms with Gasteiger partial charge in [0.15, 0.2) is 5.84 Å². The second kappa shape index (κ2) is 10.8. The summed E-state index contributed by atoms with van der Waals surface area (Å²) in [5, 5.41) is 15.3. The maximum absolute atomic E-state index is 8.58. The van der Waals surface area contributed by atoms with Crippen LogP contribution in [0.15, 0.2) is 167 Å². The van der Waals surface area contributed by atoms with Gasteiger partial charge in [-0.2, -0.15) is 0 Å². The van der Waals surface area contributed by atoms with E-state index in [9.17, 15) is 0 Å². The number of aliphatic imine (C=N–C) groups is 1. The third-order valence-electron chi connectivity index (χ3n) is 9.75. The molecule has 10 rings (SSSR count). The van der Waals surface area contributed by atoms with Crippen molar-refractivity contribution in [3.8, 4) is 11.4 Å². The zero-order chi connectivity index (χ0) is 33.3. The van der Waals surface area contributed by atoms with Crippen LogP contribution >= 0.6 is 0 Å². The van der Waals surface area contributed by atoms with Gasteiger partial charge in [0, 0.05) is 54.8 Å². The summed E-state index contributed by atoms with van der Waals surface area (Å²) in [5.41, 5.74) is 16.2. The lowest BCUT2D eigenvalue weighted by atomic mass is 10.1. The van der Waals surface area contributed by atoms with Crippen molar-refractivity contribution in [2.75, 3.05) is 0 Å². The number of nitrogens with zero attached hydrogens (tertiary/aromatic N) is 3. The fourth-order valence-corrected chi connectivity index (χ4v) is 7.55. The molecule has 6 nitrogen and oxygen atoms in total. The fraction of sp³-hybridized carbons (Fsp3) is 0. The van der Waals surface area contributed by atoms with Crippen molar-refractivity contribution in [3.05, 3.63) is 169 Å². The number of amidine groups is 2. The van der Waals surface area contributed by atoms with Crippen LogP contribution in [0.1, 0.15) is 11.1 Å². The third kappa shape index (κ3) is 4.15. The molecule has 0 saturated carbocycles. The molecule has 3 heterocycles. The molecule has 0 bridgehead atoms. The van der Waals surface area contributed by atoms with E-state index in [4.69, 9.17) is 15.6 Å². The summed E-state index contributed by atoms with van der Waals surface area (Å²) < 4.78 is 11.2. The molecule has 0 amide bonds. The van der Waals surface area contributed by atoms with Gasteiger partial charge in [-0.05, 0) is 54.6 Å². The van der Waals surface area contributed by atoms with Gasteiger partial charge in [0.2, 0.25) is 0 Å². The zero-order valence-electron chi connectivity index (χ0n) is 26.8. The van der Waals surface area contributed by atoms with E-state index in [-0.39, 0.29) is 11.7 Å². The molecular formula is C44H29N5O. The number of aromatic nitrogens is 2. The van der Waals surface area contributed by atoms with E-state index in [1.54, 1.807) is 0 Å². The number of fused-ring (bicyclic) bond motifs is 10. The Labute approximate surface area is 286 Å². The topological polar surface area (TPSA) is 85.2 Å². The molecular weight excluding hydrogens is 615 g/mol. The second-order valence-electron chi connectivity index (χ2n) is 12.6. The molecule has 236 valence electrons. The standard InChI is InChI=1S/C44H29N5O/c45-43(27-12-3-1-4-13-27)47-44(46)28-14-11-17-30(24-28)48-37-23-22-33-31-18-7-9-20-36(31)49(29-15-5-2-6-16-29)42(33)41(37)35-26-40-34(25-38(35)48)32-19-8-10-21-39(32)50-40/h1-26H,(H3,45,46,47). The first-order chi connectivity index (χ1) is 24.6. The number of hydrogen-bond donors (Lipinski definition) is 2. The Bertz CT molecular complexity index is 3000. The van der Waals surface area contributed by atoms with Crippen LogP contribution in [0.3, 0.4) is 0 Å². The molecule has 0 atom stereocenters. The molecule has 0 aliphatic heterocycles. The SMILES string of the molecule is N=C(N=C(N)c1cccc(-n2c3cc4c(cc3c3c2ccc2c5ccccc5n(-c5ccccc5)c23)oc2ccccc24)c1)c1ccccc1. The predicted molar refractivity (Wildman–Crippen MR) is 206 cm³/mol. The fourth-order valence-electron chi connectivity index (χ4n) is 7.55. The van der Waals surface area contributed by atoms with E-state index in [1.807, 2.05) is 54.6 Å². The van der Waals surface area contributed by atoms with Crippen molar-refractivity contribution >= 4 is 77.2 Å². The molecule has 3 N–H and O–H groups in total. The Morgan fingerprint density at radius 2 is 1.20 bits per heavy atom. The molecule has 10 aromatic rings. The minimum Gasteiger partial charge on any atom is -0.456 e. The molecule has 0 fully saturated rings. The van der Waals surface area contributed by atoms with Crippen molar-refractivity contribution in [3.63, 3.8) is 0 Å². The van der Waals surface area contributed by atoms with Crippen LogP contribution in [0.5, 0.6) is 0 Å². The minimum atomic E-state index is 0.121. The number of benzene rings is 7. The molecule has 0 unspecified atom stereocenters. The van der Waals surface area contributed by atoms with E-state index < -0.39 is 0 Å². The highest BCUT2D eigenvalue weighted by molar-refractivity contribution is 6.28.